The first-order chi connectivity index (χ1) is 14.5. The van der Waals surface area contributed by atoms with Crippen LogP contribution >= 0.6 is 0 Å². The van der Waals surface area contributed by atoms with Crippen molar-refractivity contribution in [2.75, 3.05) is 20.3 Å². The van der Waals surface area contributed by atoms with E-state index in [0.717, 1.165) is 19.3 Å². The molecule has 2 N–H and O–H groups in total. The van der Waals surface area contributed by atoms with E-state index in [1.54, 1.807) is 7.05 Å². The summed E-state index contributed by atoms with van der Waals surface area (Å²) in [6, 6.07) is -1.03. The van der Waals surface area contributed by atoms with E-state index in [1.165, 1.54) is 48.3 Å². The number of hydrogen-bond donors (Lipinski definition) is 2. The first-order valence-electron chi connectivity index (χ1n) is 11.2. The maximum Gasteiger partial charge on any atom is 0.328 e. The molecule has 2 aliphatic rings. The molecule has 2 rings (SSSR count). The van der Waals surface area contributed by atoms with Crippen LogP contribution in [0.5, 0.6) is 0 Å². The van der Waals surface area contributed by atoms with Crippen LogP contribution in [0.1, 0.15) is 77.6 Å². The van der Waals surface area contributed by atoms with Crippen molar-refractivity contribution in [1.82, 2.24) is 15.1 Å². The molecule has 2 heterocycles. The van der Waals surface area contributed by atoms with Crippen molar-refractivity contribution in [2.45, 2.75) is 96.0 Å². The van der Waals surface area contributed by atoms with Gasteiger partial charge in [-0.2, -0.15) is 0 Å². The van der Waals surface area contributed by atoms with Crippen LogP contribution in [0.15, 0.2) is 0 Å². The van der Waals surface area contributed by atoms with E-state index in [-0.39, 0.29) is 25.7 Å². The molecule has 4 amide bonds. The zero-order valence-electron chi connectivity index (χ0n) is 18.3. The fourth-order valence-electron chi connectivity index (χ4n) is 3.83. The largest absolute Gasteiger partial charge is 0.459 e. The second-order valence-corrected chi connectivity index (χ2v) is 8.20. The van der Waals surface area contributed by atoms with Gasteiger partial charge in [-0.25, -0.2) is 9.59 Å². The number of nitrogens with one attached hydrogen (secondary N) is 1. The molecule has 0 aromatic heterocycles. The Hall–Kier alpha value is -1.87. The third-order valence-corrected chi connectivity index (χ3v) is 5.66. The predicted molar refractivity (Wildman–Crippen MR) is 110 cm³/mol. The van der Waals surface area contributed by atoms with Gasteiger partial charge in [-0.15, -0.1) is 0 Å². The smallest absolute Gasteiger partial charge is 0.328 e. The zero-order chi connectivity index (χ0) is 21.9. The van der Waals surface area contributed by atoms with Crippen molar-refractivity contribution in [3.63, 3.8) is 0 Å². The summed E-state index contributed by atoms with van der Waals surface area (Å²) >= 11 is 0. The van der Waals surface area contributed by atoms with E-state index in [1.807, 2.05) is 0 Å². The third-order valence-electron chi connectivity index (χ3n) is 5.66. The molecule has 0 radical (unpaired) electrons. The van der Waals surface area contributed by atoms with Crippen molar-refractivity contribution in [3.8, 4) is 0 Å². The summed E-state index contributed by atoms with van der Waals surface area (Å²) in [7, 11) is 1.57. The van der Waals surface area contributed by atoms with Gasteiger partial charge in [-0.1, -0.05) is 58.3 Å². The van der Waals surface area contributed by atoms with Crippen molar-refractivity contribution < 1.29 is 29.0 Å². The van der Waals surface area contributed by atoms with Crippen molar-refractivity contribution in [1.29, 1.82) is 0 Å². The second kappa shape index (κ2) is 12.7. The van der Waals surface area contributed by atoms with Gasteiger partial charge < -0.3 is 19.5 Å². The van der Waals surface area contributed by atoms with Gasteiger partial charge in [0.1, 0.15) is 25.1 Å². The Morgan fingerprint density at radius 1 is 1.10 bits per heavy atom. The normalized spacial score (nSPS) is 24.3. The molecule has 172 valence electrons. The molecule has 0 unspecified atom stereocenters. The van der Waals surface area contributed by atoms with Crippen LogP contribution < -0.4 is 5.32 Å². The Morgan fingerprint density at radius 2 is 1.73 bits per heavy atom. The number of imide groups is 1. The fraction of sp³-hybridized carbons (Fsp3) is 0.857. The van der Waals surface area contributed by atoms with Gasteiger partial charge in [0.05, 0.1) is 6.61 Å². The number of aliphatic hydroxyl groups is 1. The second-order valence-electron chi connectivity index (χ2n) is 8.20. The molecule has 9 nitrogen and oxygen atoms in total. The number of aliphatic hydroxyl groups excluding tert-OH is 1. The van der Waals surface area contributed by atoms with E-state index in [9.17, 15) is 19.5 Å². The number of unbranched alkanes of at least 4 members (excludes halogenated alkanes) is 8. The Balaban J connectivity index is 1.67. The summed E-state index contributed by atoms with van der Waals surface area (Å²) in [4.78, 5) is 38.5. The molecular weight excluding hydrogens is 390 g/mol. The molecule has 2 saturated heterocycles. The van der Waals surface area contributed by atoms with Gasteiger partial charge in [0.25, 0.3) is 0 Å². The molecule has 30 heavy (non-hydrogen) atoms. The Morgan fingerprint density at radius 3 is 2.37 bits per heavy atom. The van der Waals surface area contributed by atoms with Gasteiger partial charge in [0.2, 0.25) is 0 Å². The predicted octanol–water partition coefficient (Wildman–Crippen LogP) is 2.96. The lowest BCUT2D eigenvalue weighted by atomic mass is 10.1. The number of carbonyl (C=O) groups excluding carboxylic acids is 3. The molecule has 0 saturated carbocycles. The van der Waals surface area contributed by atoms with Crippen LogP contribution in [0.3, 0.4) is 0 Å². The summed E-state index contributed by atoms with van der Waals surface area (Å²) < 4.78 is 11.2. The minimum Gasteiger partial charge on any atom is -0.459 e. The minimum absolute atomic E-state index is 0.0760. The number of carbonyl (C=O) groups is 3. The molecule has 0 spiro atoms. The molecule has 0 bridgehead atoms. The van der Waals surface area contributed by atoms with Gasteiger partial charge >= 0.3 is 18.0 Å². The van der Waals surface area contributed by atoms with Gasteiger partial charge in [0, 0.05) is 19.9 Å². The number of ether oxygens (including phenoxy) is 2. The lowest BCUT2D eigenvalue weighted by Crippen LogP contribution is -2.60. The molecule has 9 heteroatoms. The number of urea groups is 2. The molecule has 0 aromatic rings. The maximum absolute atomic E-state index is 12.2. The number of amides is 4. The number of esters is 1. The molecular formula is C21H37N3O6. The molecule has 0 aromatic carbocycles. The van der Waals surface area contributed by atoms with Crippen molar-refractivity contribution in [2.24, 2.45) is 0 Å². The van der Waals surface area contributed by atoms with E-state index >= 15 is 0 Å². The zero-order valence-corrected chi connectivity index (χ0v) is 18.3. The summed E-state index contributed by atoms with van der Waals surface area (Å²) in [6.45, 7) is 1.98. The lowest BCUT2D eigenvalue weighted by molar-refractivity contribution is -0.153. The summed E-state index contributed by atoms with van der Waals surface area (Å²) in [6.07, 6.45) is 9.21. The highest BCUT2D eigenvalue weighted by Crippen LogP contribution is 2.27. The first-order valence-corrected chi connectivity index (χ1v) is 11.2. The Bertz CT molecular complexity index is 573. The van der Waals surface area contributed by atoms with Crippen LogP contribution in [0.2, 0.25) is 0 Å². The van der Waals surface area contributed by atoms with Crippen LogP contribution in [0.4, 0.5) is 9.59 Å². The third kappa shape index (κ3) is 7.43. The van der Waals surface area contributed by atoms with E-state index < -0.39 is 30.5 Å². The van der Waals surface area contributed by atoms with Crippen LogP contribution in [-0.2, 0) is 14.3 Å². The minimum atomic E-state index is -0.683. The number of hydrogen-bond acceptors (Lipinski definition) is 6. The van der Waals surface area contributed by atoms with E-state index in [4.69, 9.17) is 9.47 Å². The van der Waals surface area contributed by atoms with Gasteiger partial charge in [-0.3, -0.25) is 15.0 Å². The SMILES string of the molecule is CCCCCCCCCCCC(=O)O[C@H]1C[C@H](N2CN(C)C(=O)NC2=O)O[C@@H]1CO. The summed E-state index contributed by atoms with van der Waals surface area (Å²) in [5, 5.41) is 11.8. The number of rotatable bonds is 13. The first kappa shape index (κ1) is 24.4. The molecule has 0 aliphatic carbocycles. The highest BCUT2D eigenvalue weighted by molar-refractivity contribution is 5.95. The van der Waals surface area contributed by atoms with Gasteiger partial charge in [0.15, 0.2) is 0 Å². The standard InChI is InChI=1S/C21H37N3O6/c1-3-4-5-6-7-8-9-10-11-12-19(26)30-16-13-18(29-17(16)14-25)24-15-23(2)20(27)22-21(24)28/h16-18,25H,3-15H2,1-2H3,(H,22,27,28)/t16-,17+,18+/m0/s1. The lowest BCUT2D eigenvalue weighted by Gasteiger charge is -2.36. The van der Waals surface area contributed by atoms with Crippen LogP contribution in [0, 0.1) is 0 Å². The number of nitrogens with zero attached hydrogens (tertiary/aromatic N) is 2. The summed E-state index contributed by atoms with van der Waals surface area (Å²) in [5.41, 5.74) is 0. The molecule has 2 fully saturated rings. The Kier molecular flexibility index (Phi) is 10.4. The average molecular weight is 428 g/mol. The van der Waals surface area contributed by atoms with Gasteiger partial charge in [-0.05, 0) is 6.42 Å². The average Bonchev–Trinajstić information content (AvgIpc) is 3.11. The molecule has 2 aliphatic heterocycles. The highest BCUT2D eigenvalue weighted by Gasteiger charge is 2.43. The monoisotopic (exact) mass is 427 g/mol. The topological polar surface area (TPSA) is 108 Å². The quantitative estimate of drug-likeness (QED) is 0.346. The summed E-state index contributed by atoms with van der Waals surface area (Å²) in [5.74, 6) is -0.305. The van der Waals surface area contributed by atoms with Crippen molar-refractivity contribution in [3.05, 3.63) is 0 Å². The van der Waals surface area contributed by atoms with Crippen molar-refractivity contribution >= 4 is 18.0 Å². The Labute approximate surface area is 179 Å². The highest BCUT2D eigenvalue weighted by atomic mass is 16.6. The fourth-order valence-corrected chi connectivity index (χ4v) is 3.83. The molecule has 3 atom stereocenters. The maximum atomic E-state index is 12.2. The van der Waals surface area contributed by atoms with E-state index in [2.05, 4.69) is 12.2 Å². The van der Waals surface area contributed by atoms with E-state index in [0.29, 0.717) is 6.42 Å². The van der Waals surface area contributed by atoms with Crippen LogP contribution in [0.25, 0.3) is 0 Å². The van der Waals surface area contributed by atoms with Crippen LogP contribution in [-0.4, -0.2) is 71.7 Å².